The van der Waals surface area contributed by atoms with Crippen LogP contribution in [0.5, 0.6) is 0 Å². The Balaban J connectivity index is 1.50. The number of nitrogens with zero attached hydrogens (tertiary/aromatic N) is 1. The van der Waals surface area contributed by atoms with Crippen molar-refractivity contribution in [2.24, 2.45) is 0 Å². The molecule has 0 amide bonds. The van der Waals surface area contributed by atoms with E-state index < -0.39 is 0 Å². The average Bonchev–Trinajstić information content (AvgIpc) is 3.20. The molecule has 36 heavy (non-hydrogen) atoms. The second kappa shape index (κ2) is 7.40. The third kappa shape index (κ3) is 3.24. The van der Waals surface area contributed by atoms with Gasteiger partial charge in [0.05, 0.1) is 5.69 Å². The first-order chi connectivity index (χ1) is 17.2. The highest BCUT2D eigenvalue weighted by atomic mass is 32.1. The zero-order chi connectivity index (χ0) is 24.8. The molecule has 0 N–H and O–H groups in total. The molecule has 0 spiro atoms. The van der Waals surface area contributed by atoms with E-state index in [1.165, 1.54) is 76.8 Å². The van der Waals surface area contributed by atoms with E-state index in [4.69, 9.17) is 4.98 Å². The highest BCUT2D eigenvalue weighted by molar-refractivity contribution is 7.25. The van der Waals surface area contributed by atoms with Gasteiger partial charge in [0.1, 0.15) is 0 Å². The maximum Gasteiger partial charge on any atom is 0.0780 e. The van der Waals surface area contributed by atoms with E-state index in [1.54, 1.807) is 0 Å². The van der Waals surface area contributed by atoms with Crippen molar-refractivity contribution in [2.45, 2.75) is 58.3 Å². The van der Waals surface area contributed by atoms with Crippen molar-refractivity contribution in [3.05, 3.63) is 89.6 Å². The summed E-state index contributed by atoms with van der Waals surface area (Å²) in [7, 11) is 0. The quantitative estimate of drug-likeness (QED) is 0.226. The summed E-state index contributed by atoms with van der Waals surface area (Å²) in [5.74, 6) is 0. The topological polar surface area (TPSA) is 12.9 Å². The van der Waals surface area contributed by atoms with Gasteiger partial charge in [-0.3, -0.25) is 4.98 Å². The van der Waals surface area contributed by atoms with Gasteiger partial charge in [-0.05, 0) is 94.3 Å². The standard InChI is InChI=1S/C34H31NS/c1-20-6-7-21-8-9-23(15-24(21)14-20)32-25-17-26-27-18-28-29(34(4,5)12-11-33(28,2)3)19-31(27)36-30(26)16-22(25)10-13-35-32/h6-10,13-19H,11-12H2,1-5H3. The molecule has 6 aromatic rings. The predicted octanol–water partition coefficient (Wildman–Crippen LogP) is 10.1. The second-order valence-electron chi connectivity index (χ2n) is 12.1. The third-order valence-corrected chi connectivity index (χ3v) is 9.71. The van der Waals surface area contributed by atoms with E-state index >= 15 is 0 Å². The smallest absolute Gasteiger partial charge is 0.0780 e. The van der Waals surface area contributed by atoms with E-state index in [-0.39, 0.29) is 10.8 Å². The SMILES string of the molecule is Cc1ccc2ccc(-c3nccc4cc5sc6cc7c(cc6c5cc34)C(C)(C)CCC7(C)C)cc2c1. The molecule has 0 atom stereocenters. The number of pyridine rings is 1. The minimum Gasteiger partial charge on any atom is -0.256 e. The summed E-state index contributed by atoms with van der Waals surface area (Å²) in [5, 5.41) is 7.78. The van der Waals surface area contributed by atoms with Gasteiger partial charge in [-0.25, -0.2) is 0 Å². The van der Waals surface area contributed by atoms with Gasteiger partial charge in [0.2, 0.25) is 0 Å². The zero-order valence-corrected chi connectivity index (χ0v) is 22.5. The number of aryl methyl sites for hydroxylation is 1. The minimum absolute atomic E-state index is 0.208. The Hall–Kier alpha value is -3.23. The molecule has 0 radical (unpaired) electrons. The van der Waals surface area contributed by atoms with Gasteiger partial charge in [0.15, 0.2) is 0 Å². The molecule has 0 bridgehead atoms. The largest absolute Gasteiger partial charge is 0.256 e. The van der Waals surface area contributed by atoms with Crippen LogP contribution < -0.4 is 0 Å². The van der Waals surface area contributed by atoms with Crippen molar-refractivity contribution >= 4 is 53.1 Å². The lowest BCUT2D eigenvalue weighted by molar-refractivity contribution is 0.332. The number of hydrogen-bond acceptors (Lipinski definition) is 2. The lowest BCUT2D eigenvalue weighted by Crippen LogP contribution is -2.33. The summed E-state index contributed by atoms with van der Waals surface area (Å²) >= 11 is 1.93. The third-order valence-electron chi connectivity index (χ3n) is 8.60. The molecule has 4 aromatic carbocycles. The van der Waals surface area contributed by atoms with Crippen LogP contribution in [0.15, 0.2) is 72.9 Å². The predicted molar refractivity (Wildman–Crippen MR) is 158 cm³/mol. The monoisotopic (exact) mass is 485 g/mol. The van der Waals surface area contributed by atoms with Crippen LogP contribution in [-0.4, -0.2) is 4.98 Å². The van der Waals surface area contributed by atoms with Gasteiger partial charge in [-0.15, -0.1) is 11.3 Å². The number of fused-ring (bicyclic) bond motifs is 6. The molecule has 2 heterocycles. The molecule has 0 aliphatic heterocycles. The van der Waals surface area contributed by atoms with Gasteiger partial charge in [0.25, 0.3) is 0 Å². The summed E-state index contributed by atoms with van der Waals surface area (Å²) < 4.78 is 2.77. The fourth-order valence-electron chi connectivity index (χ4n) is 6.25. The van der Waals surface area contributed by atoms with Gasteiger partial charge >= 0.3 is 0 Å². The van der Waals surface area contributed by atoms with Crippen molar-refractivity contribution in [3.63, 3.8) is 0 Å². The van der Waals surface area contributed by atoms with E-state index in [0.29, 0.717) is 0 Å². The molecule has 2 heteroatoms. The Labute approximate surface area is 216 Å². The second-order valence-corrected chi connectivity index (χ2v) is 13.1. The summed E-state index contributed by atoms with van der Waals surface area (Å²) in [6, 6.07) is 25.3. The van der Waals surface area contributed by atoms with Crippen LogP contribution >= 0.6 is 11.3 Å². The van der Waals surface area contributed by atoms with Crippen molar-refractivity contribution in [2.75, 3.05) is 0 Å². The lowest BCUT2D eigenvalue weighted by Gasteiger charge is -2.41. The van der Waals surface area contributed by atoms with Crippen LogP contribution in [0.4, 0.5) is 0 Å². The molecule has 0 saturated carbocycles. The van der Waals surface area contributed by atoms with Crippen molar-refractivity contribution in [3.8, 4) is 11.3 Å². The maximum atomic E-state index is 4.89. The molecule has 178 valence electrons. The van der Waals surface area contributed by atoms with E-state index in [1.807, 2.05) is 17.5 Å². The summed E-state index contributed by atoms with van der Waals surface area (Å²) in [5.41, 5.74) is 7.03. The van der Waals surface area contributed by atoms with Crippen LogP contribution in [-0.2, 0) is 10.8 Å². The lowest BCUT2D eigenvalue weighted by atomic mass is 9.63. The Kier molecular flexibility index (Phi) is 4.52. The van der Waals surface area contributed by atoms with E-state index in [2.05, 4.69) is 101 Å². The Morgan fingerprint density at radius 1 is 0.639 bits per heavy atom. The van der Waals surface area contributed by atoms with Crippen LogP contribution in [0.3, 0.4) is 0 Å². The molecular formula is C34H31NS. The number of thiophene rings is 1. The Morgan fingerprint density at radius 3 is 2.14 bits per heavy atom. The van der Waals surface area contributed by atoms with Gasteiger partial charge < -0.3 is 0 Å². The number of hydrogen-bond donors (Lipinski definition) is 0. The van der Waals surface area contributed by atoms with Gasteiger partial charge in [-0.2, -0.15) is 0 Å². The van der Waals surface area contributed by atoms with Gasteiger partial charge in [-0.1, -0.05) is 63.6 Å². The minimum atomic E-state index is 0.208. The van der Waals surface area contributed by atoms with Crippen molar-refractivity contribution < 1.29 is 0 Å². The fourth-order valence-corrected chi connectivity index (χ4v) is 7.40. The summed E-state index contributed by atoms with van der Waals surface area (Å²) in [4.78, 5) is 4.89. The molecule has 7 rings (SSSR count). The fraction of sp³-hybridized carbons (Fsp3) is 0.265. The van der Waals surface area contributed by atoms with Crippen molar-refractivity contribution in [1.29, 1.82) is 0 Å². The number of benzene rings is 4. The van der Waals surface area contributed by atoms with Crippen LogP contribution in [0.2, 0.25) is 0 Å². The molecule has 1 nitrogen and oxygen atoms in total. The zero-order valence-electron chi connectivity index (χ0n) is 21.7. The first-order valence-electron chi connectivity index (χ1n) is 13.0. The first-order valence-corrected chi connectivity index (χ1v) is 13.8. The number of aromatic nitrogens is 1. The molecule has 2 aromatic heterocycles. The van der Waals surface area contributed by atoms with Crippen LogP contribution in [0.25, 0.3) is 53.0 Å². The molecular weight excluding hydrogens is 454 g/mol. The maximum absolute atomic E-state index is 4.89. The van der Waals surface area contributed by atoms with Crippen molar-refractivity contribution in [1.82, 2.24) is 4.98 Å². The Morgan fingerprint density at radius 2 is 1.33 bits per heavy atom. The molecule has 1 aliphatic rings. The normalized spacial score (nSPS) is 16.7. The molecule has 0 saturated heterocycles. The Bertz CT molecular complexity index is 1850. The van der Waals surface area contributed by atoms with Crippen LogP contribution in [0, 0.1) is 6.92 Å². The average molecular weight is 486 g/mol. The summed E-state index contributed by atoms with van der Waals surface area (Å²) in [6.07, 6.45) is 4.44. The van der Waals surface area contributed by atoms with Crippen LogP contribution in [0.1, 0.15) is 57.2 Å². The first kappa shape index (κ1) is 22.0. The summed E-state index contributed by atoms with van der Waals surface area (Å²) in [6.45, 7) is 11.8. The number of rotatable bonds is 1. The highest BCUT2D eigenvalue weighted by Gasteiger charge is 2.37. The van der Waals surface area contributed by atoms with E-state index in [0.717, 1.165) is 5.69 Å². The molecule has 0 fully saturated rings. The van der Waals surface area contributed by atoms with Gasteiger partial charge in [0, 0.05) is 37.3 Å². The highest BCUT2D eigenvalue weighted by Crippen LogP contribution is 2.49. The van der Waals surface area contributed by atoms with E-state index in [9.17, 15) is 0 Å². The molecule has 1 aliphatic carbocycles. The molecule has 0 unspecified atom stereocenters.